The Labute approximate surface area is 200 Å². The minimum Gasteiger partial charge on any atom is -0.459 e. The Morgan fingerprint density at radius 1 is 0.941 bits per heavy atom. The first-order valence-electron chi connectivity index (χ1n) is 12.0. The monoisotopic (exact) mass is 488 g/mol. The van der Waals surface area contributed by atoms with Gasteiger partial charge in [-0.3, -0.25) is 9.59 Å². The number of nitrogens with one attached hydrogen (secondary N) is 2. The first-order valence-corrected chi connectivity index (χ1v) is 13.4. The Balaban J connectivity index is 1.48. The second kappa shape index (κ2) is 11.1. The minimum atomic E-state index is -3.63. The Morgan fingerprint density at radius 3 is 2.32 bits per heavy atom. The SMILES string of the molecule is O=C(CCNC(=O)c1ccco1)Nc1cc(S(=O)(=O)N2CCCCC2)ccc1N1CCCCC1. The van der Waals surface area contributed by atoms with Gasteiger partial charge in [-0.15, -0.1) is 0 Å². The molecule has 0 bridgehead atoms. The third-order valence-corrected chi connectivity index (χ3v) is 8.17. The first kappa shape index (κ1) is 24.3. The average Bonchev–Trinajstić information content (AvgIpc) is 3.40. The zero-order valence-corrected chi connectivity index (χ0v) is 20.1. The highest BCUT2D eigenvalue weighted by Crippen LogP contribution is 2.32. The molecule has 0 radical (unpaired) electrons. The van der Waals surface area contributed by atoms with Crippen LogP contribution in [0, 0.1) is 0 Å². The van der Waals surface area contributed by atoms with Crippen LogP contribution in [0.2, 0.25) is 0 Å². The Bertz CT molecular complexity index is 1090. The highest BCUT2D eigenvalue weighted by Gasteiger charge is 2.27. The van der Waals surface area contributed by atoms with Crippen molar-refractivity contribution in [3.05, 3.63) is 42.4 Å². The molecule has 0 saturated carbocycles. The van der Waals surface area contributed by atoms with Crippen LogP contribution in [-0.2, 0) is 14.8 Å². The van der Waals surface area contributed by atoms with Crippen molar-refractivity contribution < 1.29 is 22.4 Å². The molecule has 0 aliphatic carbocycles. The number of anilines is 2. The van der Waals surface area contributed by atoms with Crippen LogP contribution in [0.25, 0.3) is 0 Å². The number of piperidine rings is 2. The van der Waals surface area contributed by atoms with Crippen molar-refractivity contribution in [3.8, 4) is 0 Å². The van der Waals surface area contributed by atoms with E-state index < -0.39 is 10.0 Å². The summed E-state index contributed by atoms with van der Waals surface area (Å²) in [5, 5.41) is 5.55. The van der Waals surface area contributed by atoms with Crippen molar-refractivity contribution >= 4 is 33.2 Å². The largest absolute Gasteiger partial charge is 0.459 e. The van der Waals surface area contributed by atoms with E-state index >= 15 is 0 Å². The lowest BCUT2D eigenvalue weighted by Gasteiger charge is -2.31. The number of hydrogen-bond acceptors (Lipinski definition) is 6. The van der Waals surface area contributed by atoms with Gasteiger partial charge in [-0.05, 0) is 62.4 Å². The molecule has 1 aromatic carbocycles. The Hall–Kier alpha value is -2.85. The number of amides is 2. The van der Waals surface area contributed by atoms with E-state index in [1.54, 1.807) is 30.3 Å². The molecule has 0 atom stereocenters. The molecule has 2 N–H and O–H groups in total. The third kappa shape index (κ3) is 5.79. The first-order chi connectivity index (χ1) is 16.4. The topological polar surface area (TPSA) is 112 Å². The van der Waals surface area contributed by atoms with Gasteiger partial charge in [0.15, 0.2) is 5.76 Å². The standard InChI is InChI=1S/C24H32N4O5S/c29-23(11-12-25-24(30)22-8-7-17-33-22)26-20-18-19(34(31,32)28-15-5-2-6-16-28)9-10-21(20)27-13-3-1-4-14-27/h7-10,17-18H,1-6,11-16H2,(H,25,30)(H,26,29). The van der Waals surface area contributed by atoms with Gasteiger partial charge in [-0.2, -0.15) is 4.31 Å². The van der Waals surface area contributed by atoms with Crippen LogP contribution < -0.4 is 15.5 Å². The molecule has 0 unspecified atom stereocenters. The number of hydrogen-bond donors (Lipinski definition) is 2. The second-order valence-corrected chi connectivity index (χ2v) is 10.7. The van der Waals surface area contributed by atoms with E-state index in [1.165, 1.54) is 10.6 Å². The number of sulfonamides is 1. The molecule has 1 aromatic heterocycles. The smallest absolute Gasteiger partial charge is 0.286 e. The lowest BCUT2D eigenvalue weighted by Crippen LogP contribution is -2.36. The summed E-state index contributed by atoms with van der Waals surface area (Å²) < 4.78 is 33.0. The van der Waals surface area contributed by atoms with Gasteiger partial charge >= 0.3 is 0 Å². The molecular weight excluding hydrogens is 456 g/mol. The summed E-state index contributed by atoms with van der Waals surface area (Å²) in [4.78, 5) is 27.1. The molecule has 2 fully saturated rings. The van der Waals surface area contributed by atoms with Crippen LogP contribution in [0.3, 0.4) is 0 Å². The predicted molar refractivity (Wildman–Crippen MR) is 129 cm³/mol. The van der Waals surface area contributed by atoms with Crippen LogP contribution in [0.5, 0.6) is 0 Å². The summed E-state index contributed by atoms with van der Waals surface area (Å²) in [5.74, 6) is -0.504. The van der Waals surface area contributed by atoms with Gasteiger partial charge in [-0.1, -0.05) is 6.42 Å². The third-order valence-electron chi connectivity index (χ3n) is 6.27. The molecule has 34 heavy (non-hydrogen) atoms. The fraction of sp³-hybridized carbons (Fsp3) is 0.500. The molecule has 2 amide bonds. The Kier molecular flexibility index (Phi) is 7.89. The summed E-state index contributed by atoms with van der Waals surface area (Å²) in [6.07, 6.45) is 7.49. The van der Waals surface area contributed by atoms with E-state index in [-0.39, 0.29) is 35.4 Å². The maximum Gasteiger partial charge on any atom is 0.286 e. The zero-order chi connectivity index (χ0) is 24.0. The van der Waals surface area contributed by atoms with E-state index in [9.17, 15) is 18.0 Å². The normalized spacial score (nSPS) is 17.4. The van der Waals surface area contributed by atoms with Crippen molar-refractivity contribution in [3.63, 3.8) is 0 Å². The maximum atomic E-state index is 13.2. The molecule has 2 aromatic rings. The molecule has 9 nitrogen and oxygen atoms in total. The quantitative estimate of drug-likeness (QED) is 0.590. The molecular formula is C24H32N4O5S. The van der Waals surface area contributed by atoms with E-state index in [0.29, 0.717) is 18.8 Å². The van der Waals surface area contributed by atoms with Gasteiger partial charge in [0.2, 0.25) is 15.9 Å². The summed E-state index contributed by atoms with van der Waals surface area (Å²) >= 11 is 0. The van der Waals surface area contributed by atoms with E-state index in [2.05, 4.69) is 15.5 Å². The second-order valence-electron chi connectivity index (χ2n) is 8.72. The van der Waals surface area contributed by atoms with Crippen molar-refractivity contribution in [1.82, 2.24) is 9.62 Å². The minimum absolute atomic E-state index is 0.0506. The summed E-state index contributed by atoms with van der Waals surface area (Å²) in [6.45, 7) is 2.90. The molecule has 3 heterocycles. The lowest BCUT2D eigenvalue weighted by atomic mass is 10.1. The average molecular weight is 489 g/mol. The fourth-order valence-corrected chi connectivity index (χ4v) is 5.98. The number of carbonyl (C=O) groups excluding carboxylic acids is 2. The van der Waals surface area contributed by atoms with E-state index in [1.807, 2.05) is 0 Å². The van der Waals surface area contributed by atoms with Crippen LogP contribution in [0.1, 0.15) is 55.5 Å². The number of nitrogens with zero attached hydrogens (tertiary/aromatic N) is 2. The molecule has 2 aliphatic heterocycles. The maximum absolute atomic E-state index is 13.2. The van der Waals surface area contributed by atoms with Crippen LogP contribution in [-0.4, -0.2) is 57.3 Å². The van der Waals surface area contributed by atoms with Gasteiger partial charge in [0.25, 0.3) is 5.91 Å². The van der Waals surface area contributed by atoms with Crippen molar-refractivity contribution in [1.29, 1.82) is 0 Å². The number of rotatable bonds is 8. The fourth-order valence-electron chi connectivity index (χ4n) is 4.44. The highest BCUT2D eigenvalue weighted by atomic mass is 32.2. The van der Waals surface area contributed by atoms with Gasteiger partial charge in [0, 0.05) is 39.1 Å². The van der Waals surface area contributed by atoms with Gasteiger partial charge in [0.05, 0.1) is 22.5 Å². The molecule has 184 valence electrons. The molecule has 4 rings (SSSR count). The summed E-state index contributed by atoms with van der Waals surface area (Å²) in [5.41, 5.74) is 1.31. The van der Waals surface area contributed by atoms with Gasteiger partial charge in [-0.25, -0.2) is 8.42 Å². The molecule has 0 spiro atoms. The summed E-state index contributed by atoms with van der Waals surface area (Å²) in [7, 11) is -3.63. The van der Waals surface area contributed by atoms with Gasteiger partial charge in [0.1, 0.15) is 0 Å². The molecule has 2 saturated heterocycles. The number of furan rings is 1. The molecule has 10 heteroatoms. The van der Waals surface area contributed by atoms with Gasteiger partial charge < -0.3 is 20.0 Å². The summed E-state index contributed by atoms with van der Waals surface area (Å²) in [6, 6.07) is 8.19. The van der Waals surface area contributed by atoms with E-state index in [4.69, 9.17) is 4.42 Å². The zero-order valence-electron chi connectivity index (χ0n) is 19.3. The van der Waals surface area contributed by atoms with Crippen molar-refractivity contribution in [2.45, 2.75) is 49.8 Å². The highest BCUT2D eigenvalue weighted by molar-refractivity contribution is 7.89. The van der Waals surface area contributed by atoms with Crippen LogP contribution in [0.4, 0.5) is 11.4 Å². The van der Waals surface area contributed by atoms with Crippen molar-refractivity contribution in [2.75, 3.05) is 42.9 Å². The Morgan fingerprint density at radius 2 is 1.65 bits per heavy atom. The van der Waals surface area contributed by atoms with Crippen LogP contribution in [0.15, 0.2) is 45.9 Å². The number of benzene rings is 1. The number of carbonyl (C=O) groups is 2. The van der Waals surface area contributed by atoms with Crippen molar-refractivity contribution in [2.24, 2.45) is 0 Å². The van der Waals surface area contributed by atoms with Crippen LogP contribution >= 0.6 is 0 Å². The lowest BCUT2D eigenvalue weighted by molar-refractivity contribution is -0.116. The van der Waals surface area contributed by atoms with E-state index in [0.717, 1.165) is 57.3 Å². The molecule has 2 aliphatic rings. The predicted octanol–water partition coefficient (Wildman–Crippen LogP) is 3.20.